The summed E-state index contributed by atoms with van der Waals surface area (Å²) in [6, 6.07) is 1.70. The molecule has 22 heavy (non-hydrogen) atoms. The molecule has 0 aliphatic carbocycles. The normalized spacial score (nSPS) is 11.3. The van der Waals surface area contributed by atoms with E-state index in [4.69, 9.17) is 14.7 Å². The number of hydrogen-bond donors (Lipinski definition) is 0. The van der Waals surface area contributed by atoms with Gasteiger partial charge in [-0.1, -0.05) is 0 Å². The lowest BCUT2D eigenvalue weighted by atomic mass is 10.2. The molecule has 1 amide bonds. The van der Waals surface area contributed by atoms with Crippen molar-refractivity contribution >= 4 is 17.8 Å². The molecule has 0 radical (unpaired) electrons. The molecule has 0 N–H and O–H groups in total. The Morgan fingerprint density at radius 2 is 1.27 bits per heavy atom. The summed E-state index contributed by atoms with van der Waals surface area (Å²) in [5.41, 5.74) is -1.40. The molecule has 7 nitrogen and oxygen atoms in total. The highest BCUT2D eigenvalue weighted by Gasteiger charge is 2.26. The van der Waals surface area contributed by atoms with Gasteiger partial charge in [-0.15, -0.1) is 0 Å². The van der Waals surface area contributed by atoms with Gasteiger partial charge in [-0.2, -0.15) is 5.26 Å². The van der Waals surface area contributed by atoms with Crippen molar-refractivity contribution in [3.63, 3.8) is 0 Å². The number of esters is 2. The van der Waals surface area contributed by atoms with Crippen LogP contribution in [0.25, 0.3) is 0 Å². The summed E-state index contributed by atoms with van der Waals surface area (Å²) < 4.78 is 10.2. The van der Waals surface area contributed by atoms with Gasteiger partial charge in [0.25, 0.3) is 0 Å². The maximum absolute atomic E-state index is 11.8. The molecule has 0 fully saturated rings. The third kappa shape index (κ3) is 9.75. The van der Waals surface area contributed by atoms with Crippen LogP contribution in [-0.2, 0) is 23.9 Å². The van der Waals surface area contributed by atoms with E-state index >= 15 is 0 Å². The smallest absolute Gasteiger partial charge is 0.326 e. The van der Waals surface area contributed by atoms with Gasteiger partial charge in [0.2, 0.25) is 5.91 Å². The van der Waals surface area contributed by atoms with E-state index in [1.54, 1.807) is 47.6 Å². The number of nitrogens with zero attached hydrogens (tertiary/aromatic N) is 2. The first-order chi connectivity index (χ1) is 9.84. The van der Waals surface area contributed by atoms with Crippen LogP contribution in [0.1, 0.15) is 48.0 Å². The molecule has 0 rings (SSSR count). The van der Waals surface area contributed by atoms with Crippen LogP contribution < -0.4 is 0 Å². The third-order valence-corrected chi connectivity index (χ3v) is 2.06. The summed E-state index contributed by atoms with van der Waals surface area (Å²) in [4.78, 5) is 36.4. The highest BCUT2D eigenvalue weighted by molar-refractivity contribution is 5.87. The van der Waals surface area contributed by atoms with Gasteiger partial charge in [0, 0.05) is 0 Å². The van der Waals surface area contributed by atoms with Crippen LogP contribution in [0.4, 0.5) is 0 Å². The predicted octanol–water partition coefficient (Wildman–Crippen LogP) is 1.41. The van der Waals surface area contributed by atoms with Crippen LogP contribution in [0, 0.1) is 11.3 Å². The van der Waals surface area contributed by atoms with Crippen molar-refractivity contribution in [2.24, 2.45) is 0 Å². The highest BCUT2D eigenvalue weighted by atomic mass is 16.6. The number of amides is 1. The molecule has 0 aromatic carbocycles. The molecular weight excluding hydrogens is 288 g/mol. The van der Waals surface area contributed by atoms with E-state index in [1.807, 2.05) is 0 Å². The minimum absolute atomic E-state index is 0.406. The van der Waals surface area contributed by atoms with E-state index in [0.29, 0.717) is 0 Å². The average Bonchev–Trinajstić information content (AvgIpc) is 2.22. The van der Waals surface area contributed by atoms with Crippen molar-refractivity contribution in [2.45, 2.75) is 59.2 Å². The standard InChI is InChI=1S/C15H24N2O5/c1-14(2,3)21-12(19)9-17(11(18)7-8-16)10-13(20)22-15(4,5)6/h7,9-10H2,1-6H3. The minimum Gasteiger partial charge on any atom is -0.459 e. The fourth-order valence-corrected chi connectivity index (χ4v) is 1.47. The fourth-order valence-electron chi connectivity index (χ4n) is 1.47. The van der Waals surface area contributed by atoms with E-state index in [9.17, 15) is 14.4 Å². The highest BCUT2D eigenvalue weighted by Crippen LogP contribution is 2.10. The molecule has 0 aromatic rings. The molecule has 0 saturated carbocycles. The van der Waals surface area contributed by atoms with Gasteiger partial charge in [0.1, 0.15) is 30.7 Å². The molecule has 0 heterocycles. The Kier molecular flexibility index (Phi) is 7.04. The lowest BCUT2D eigenvalue weighted by Gasteiger charge is -2.26. The van der Waals surface area contributed by atoms with E-state index in [2.05, 4.69) is 0 Å². The summed E-state index contributed by atoms with van der Waals surface area (Å²) in [7, 11) is 0. The zero-order chi connectivity index (χ0) is 17.6. The quantitative estimate of drug-likeness (QED) is 0.712. The number of hydrogen-bond acceptors (Lipinski definition) is 6. The number of ether oxygens (including phenoxy) is 2. The van der Waals surface area contributed by atoms with Crippen LogP contribution in [-0.4, -0.2) is 47.0 Å². The Hall–Kier alpha value is -2.10. The molecule has 0 atom stereocenters. The van der Waals surface area contributed by atoms with Crippen LogP contribution in [0.2, 0.25) is 0 Å². The SMILES string of the molecule is CC(C)(C)OC(=O)CN(CC(=O)OC(C)(C)C)C(=O)CC#N. The van der Waals surface area contributed by atoms with E-state index in [-0.39, 0.29) is 0 Å². The van der Waals surface area contributed by atoms with Crippen LogP contribution in [0.15, 0.2) is 0 Å². The Bertz CT molecular complexity index is 436. The summed E-state index contributed by atoms with van der Waals surface area (Å²) in [6.45, 7) is 9.36. The maximum atomic E-state index is 11.8. The summed E-state index contributed by atoms with van der Waals surface area (Å²) in [6.07, 6.45) is -0.425. The van der Waals surface area contributed by atoms with Crippen molar-refractivity contribution in [3.05, 3.63) is 0 Å². The number of carbonyl (C=O) groups is 3. The molecular formula is C15H24N2O5. The lowest BCUT2D eigenvalue weighted by molar-refractivity contribution is -0.163. The van der Waals surface area contributed by atoms with Crippen molar-refractivity contribution < 1.29 is 23.9 Å². The maximum Gasteiger partial charge on any atom is 0.326 e. The van der Waals surface area contributed by atoms with Crippen molar-refractivity contribution in [2.75, 3.05) is 13.1 Å². The van der Waals surface area contributed by atoms with Crippen LogP contribution >= 0.6 is 0 Å². The van der Waals surface area contributed by atoms with Crippen LogP contribution in [0.5, 0.6) is 0 Å². The van der Waals surface area contributed by atoms with Gasteiger partial charge >= 0.3 is 11.9 Å². The van der Waals surface area contributed by atoms with Gasteiger partial charge in [-0.05, 0) is 41.5 Å². The minimum atomic E-state index is -0.701. The van der Waals surface area contributed by atoms with Crippen molar-refractivity contribution in [3.8, 4) is 6.07 Å². The van der Waals surface area contributed by atoms with E-state index in [1.165, 1.54) is 0 Å². The van der Waals surface area contributed by atoms with Gasteiger partial charge in [-0.3, -0.25) is 14.4 Å². The predicted molar refractivity (Wildman–Crippen MR) is 78.5 cm³/mol. The Labute approximate surface area is 131 Å². The largest absolute Gasteiger partial charge is 0.459 e. The van der Waals surface area contributed by atoms with Crippen molar-refractivity contribution in [1.29, 1.82) is 5.26 Å². The molecule has 0 saturated heterocycles. The van der Waals surface area contributed by atoms with Crippen molar-refractivity contribution in [1.82, 2.24) is 4.90 Å². The number of carbonyl (C=O) groups excluding carboxylic acids is 3. The van der Waals surface area contributed by atoms with Gasteiger partial charge in [0.15, 0.2) is 0 Å². The number of rotatable bonds is 5. The van der Waals surface area contributed by atoms with Gasteiger partial charge in [-0.25, -0.2) is 0 Å². The molecule has 0 bridgehead atoms. The Balaban J connectivity index is 4.85. The third-order valence-electron chi connectivity index (χ3n) is 2.06. The van der Waals surface area contributed by atoms with Gasteiger partial charge in [0.05, 0.1) is 6.07 Å². The first-order valence-electron chi connectivity index (χ1n) is 6.92. The molecule has 0 spiro atoms. The molecule has 0 aliphatic rings. The van der Waals surface area contributed by atoms with E-state index in [0.717, 1.165) is 4.90 Å². The van der Waals surface area contributed by atoms with E-state index < -0.39 is 48.6 Å². The lowest BCUT2D eigenvalue weighted by Crippen LogP contribution is -2.43. The molecule has 124 valence electrons. The fraction of sp³-hybridized carbons (Fsp3) is 0.733. The zero-order valence-corrected chi connectivity index (χ0v) is 14.1. The second-order valence-electron chi connectivity index (χ2n) is 6.76. The molecule has 0 aromatic heterocycles. The Morgan fingerprint density at radius 1 is 0.909 bits per heavy atom. The first kappa shape index (κ1) is 19.9. The monoisotopic (exact) mass is 312 g/mol. The molecule has 7 heteroatoms. The number of nitriles is 1. The average molecular weight is 312 g/mol. The second-order valence-corrected chi connectivity index (χ2v) is 6.76. The summed E-state index contributed by atoms with van der Waals surface area (Å²) in [5, 5.41) is 8.60. The first-order valence-corrected chi connectivity index (χ1v) is 6.92. The van der Waals surface area contributed by atoms with Gasteiger partial charge < -0.3 is 14.4 Å². The van der Waals surface area contributed by atoms with Crippen LogP contribution in [0.3, 0.4) is 0 Å². The Morgan fingerprint density at radius 3 is 1.55 bits per heavy atom. The zero-order valence-electron chi connectivity index (χ0n) is 14.1. The second kappa shape index (κ2) is 7.78. The molecule has 0 unspecified atom stereocenters. The molecule has 0 aliphatic heterocycles. The summed E-state index contributed by atoms with van der Waals surface area (Å²) in [5.74, 6) is -1.93. The summed E-state index contributed by atoms with van der Waals surface area (Å²) >= 11 is 0. The topological polar surface area (TPSA) is 96.7 Å².